The van der Waals surface area contributed by atoms with Gasteiger partial charge in [-0.15, -0.1) is 12.4 Å². The van der Waals surface area contributed by atoms with Crippen LogP contribution in [0.3, 0.4) is 0 Å². The van der Waals surface area contributed by atoms with Crippen LogP contribution >= 0.6 is 24.0 Å². The number of halogens is 3. The lowest BCUT2D eigenvalue weighted by molar-refractivity contribution is 0.0695. The highest BCUT2D eigenvalue weighted by Gasteiger charge is 2.25. The Bertz CT molecular complexity index is 916. The molecule has 2 aromatic rings. The summed E-state index contributed by atoms with van der Waals surface area (Å²) in [7, 11) is 0. The first-order valence-electron chi connectivity index (χ1n) is 8.11. The molecule has 1 aromatic heterocycles. The zero-order valence-corrected chi connectivity index (χ0v) is 16.0. The molecule has 0 bridgehead atoms. The van der Waals surface area contributed by atoms with Gasteiger partial charge in [-0.25, -0.2) is 9.18 Å². The van der Waals surface area contributed by atoms with Crippen molar-refractivity contribution >= 4 is 46.6 Å². The van der Waals surface area contributed by atoms with Gasteiger partial charge in [0.1, 0.15) is 11.4 Å². The van der Waals surface area contributed by atoms with Crippen molar-refractivity contribution in [2.24, 2.45) is 0 Å². The van der Waals surface area contributed by atoms with E-state index >= 15 is 0 Å². The van der Waals surface area contributed by atoms with E-state index in [-0.39, 0.29) is 34.5 Å². The first kappa shape index (κ1) is 20.5. The van der Waals surface area contributed by atoms with Gasteiger partial charge < -0.3 is 19.9 Å². The molecular formula is C17H20Cl2FN3O3. The van der Waals surface area contributed by atoms with Crippen LogP contribution in [0, 0.1) is 5.82 Å². The Kier molecular flexibility index (Phi) is 6.16. The summed E-state index contributed by atoms with van der Waals surface area (Å²) in [6.45, 7) is 6.09. The predicted octanol–water partition coefficient (Wildman–Crippen LogP) is 2.73. The molecule has 6 nitrogen and oxygen atoms in total. The number of anilines is 1. The lowest BCUT2D eigenvalue weighted by Crippen LogP contribution is -2.49. The Morgan fingerprint density at radius 3 is 2.77 bits per heavy atom. The van der Waals surface area contributed by atoms with Gasteiger partial charge in [-0.1, -0.05) is 11.6 Å². The van der Waals surface area contributed by atoms with Gasteiger partial charge in [0.05, 0.1) is 21.6 Å². The molecule has 0 radical (unpaired) electrons. The lowest BCUT2D eigenvalue weighted by atomic mass is 10.1. The van der Waals surface area contributed by atoms with Gasteiger partial charge in [0, 0.05) is 38.4 Å². The molecule has 0 amide bonds. The molecule has 1 aliphatic heterocycles. The third-order valence-corrected chi connectivity index (χ3v) is 4.84. The van der Waals surface area contributed by atoms with Crippen molar-refractivity contribution in [3.8, 4) is 0 Å². The highest BCUT2D eigenvalue weighted by atomic mass is 35.5. The number of carbonyl (C=O) groups is 1. The molecule has 2 N–H and O–H groups in total. The Hall–Kier alpha value is -1.83. The summed E-state index contributed by atoms with van der Waals surface area (Å²) in [4.78, 5) is 25.6. The highest BCUT2D eigenvalue weighted by molar-refractivity contribution is 6.38. The fraction of sp³-hybridized carbons (Fsp3) is 0.412. The van der Waals surface area contributed by atoms with Crippen molar-refractivity contribution in [2.75, 3.05) is 24.5 Å². The first-order valence-corrected chi connectivity index (χ1v) is 8.49. The number of carboxylic acids is 1. The molecule has 142 valence electrons. The number of fused-ring (bicyclic) bond motifs is 1. The van der Waals surface area contributed by atoms with Crippen LogP contribution in [-0.4, -0.2) is 41.3 Å². The third-order valence-electron chi connectivity index (χ3n) is 4.49. The lowest BCUT2D eigenvalue weighted by Gasteiger charge is -2.34. The minimum atomic E-state index is -1.34. The third kappa shape index (κ3) is 3.39. The highest BCUT2D eigenvalue weighted by Crippen LogP contribution is 2.36. The molecule has 1 aromatic carbocycles. The minimum Gasteiger partial charge on any atom is -0.477 e. The van der Waals surface area contributed by atoms with E-state index in [4.69, 9.17) is 11.6 Å². The van der Waals surface area contributed by atoms with Crippen LogP contribution in [-0.2, 0) is 6.54 Å². The molecule has 0 spiro atoms. The summed E-state index contributed by atoms with van der Waals surface area (Å²) < 4.78 is 16.4. The topological polar surface area (TPSA) is 74.6 Å². The average Bonchev–Trinajstić information content (AvgIpc) is 2.55. The number of aromatic nitrogens is 1. The largest absolute Gasteiger partial charge is 0.477 e. The van der Waals surface area contributed by atoms with Crippen molar-refractivity contribution in [2.45, 2.75) is 26.4 Å². The number of rotatable bonds is 3. The summed E-state index contributed by atoms with van der Waals surface area (Å²) in [5.74, 6) is -1.96. The van der Waals surface area contributed by atoms with Crippen molar-refractivity contribution in [1.29, 1.82) is 0 Å². The summed E-state index contributed by atoms with van der Waals surface area (Å²) in [6, 6.07) is 1.28. The number of pyridine rings is 1. The number of hydrogen-bond donors (Lipinski definition) is 2. The number of carboxylic acid groups (broad SMARTS) is 1. The van der Waals surface area contributed by atoms with Crippen LogP contribution in [0.5, 0.6) is 0 Å². The molecule has 1 fully saturated rings. The number of nitrogens with one attached hydrogen (secondary N) is 1. The molecule has 9 heteroatoms. The summed E-state index contributed by atoms with van der Waals surface area (Å²) in [5.41, 5.74) is -0.504. The Morgan fingerprint density at radius 1 is 1.50 bits per heavy atom. The second kappa shape index (κ2) is 7.82. The standard InChI is InChI=1S/C17H19ClFN3O3.ClH/c1-3-21-8-11(17(24)25)16(23)10-6-12(19)15(13(18)14(10)21)22-5-4-20-9(2)7-22;/h6,8-9,20H,3-5,7H2,1-2H3,(H,24,25);1H. The normalized spacial score (nSPS) is 17.2. The van der Waals surface area contributed by atoms with Crippen LogP contribution in [0.15, 0.2) is 17.1 Å². The van der Waals surface area contributed by atoms with Crippen molar-refractivity contribution in [3.63, 3.8) is 0 Å². The van der Waals surface area contributed by atoms with Gasteiger partial charge in [-0.2, -0.15) is 0 Å². The number of piperazine rings is 1. The SMILES string of the molecule is CCn1cc(C(=O)O)c(=O)c2cc(F)c(N3CCNC(C)C3)c(Cl)c21.Cl. The molecule has 1 atom stereocenters. The van der Waals surface area contributed by atoms with E-state index in [1.54, 1.807) is 4.57 Å². The maximum Gasteiger partial charge on any atom is 0.341 e. The molecule has 1 aliphatic rings. The first-order chi connectivity index (χ1) is 11.8. The van der Waals surface area contributed by atoms with Crippen molar-refractivity contribution < 1.29 is 14.3 Å². The number of hydrogen-bond acceptors (Lipinski definition) is 4. The second-order valence-electron chi connectivity index (χ2n) is 6.18. The second-order valence-corrected chi connectivity index (χ2v) is 6.56. The van der Waals surface area contributed by atoms with Gasteiger partial charge in [-0.3, -0.25) is 4.79 Å². The molecule has 1 unspecified atom stereocenters. The molecule has 0 aliphatic carbocycles. The van der Waals surface area contributed by atoms with Crippen LogP contribution < -0.4 is 15.6 Å². The molecule has 1 saturated heterocycles. The van der Waals surface area contributed by atoms with Crippen LogP contribution in [0.2, 0.25) is 5.02 Å². The Balaban J connectivity index is 0.00000243. The van der Waals surface area contributed by atoms with Crippen molar-refractivity contribution in [3.05, 3.63) is 38.9 Å². The monoisotopic (exact) mass is 403 g/mol. The summed E-state index contributed by atoms with van der Waals surface area (Å²) in [5, 5.41) is 12.6. The van der Waals surface area contributed by atoms with E-state index in [9.17, 15) is 19.1 Å². The van der Waals surface area contributed by atoms with Crippen LogP contribution in [0.1, 0.15) is 24.2 Å². The molecule has 3 rings (SSSR count). The van der Waals surface area contributed by atoms with E-state index in [0.29, 0.717) is 31.7 Å². The van der Waals surface area contributed by atoms with E-state index in [2.05, 4.69) is 5.32 Å². The number of aromatic carboxylic acids is 1. The summed E-state index contributed by atoms with van der Waals surface area (Å²) in [6.07, 6.45) is 1.26. The van der Waals surface area contributed by atoms with Gasteiger partial charge in [0.15, 0.2) is 0 Å². The summed E-state index contributed by atoms with van der Waals surface area (Å²) >= 11 is 6.51. The van der Waals surface area contributed by atoms with Gasteiger partial charge >= 0.3 is 5.97 Å². The molecule has 0 saturated carbocycles. The maximum atomic E-state index is 14.8. The number of aryl methyl sites for hydroxylation is 1. The van der Waals surface area contributed by atoms with E-state index in [0.717, 1.165) is 6.07 Å². The average molecular weight is 404 g/mol. The fourth-order valence-corrected chi connectivity index (χ4v) is 3.72. The zero-order valence-electron chi connectivity index (χ0n) is 14.4. The predicted molar refractivity (Wildman–Crippen MR) is 103 cm³/mol. The minimum absolute atomic E-state index is 0. The van der Waals surface area contributed by atoms with Crippen molar-refractivity contribution in [1.82, 2.24) is 9.88 Å². The van der Waals surface area contributed by atoms with Crippen LogP contribution in [0.4, 0.5) is 10.1 Å². The molecule has 2 heterocycles. The van der Waals surface area contributed by atoms with E-state index in [1.165, 1.54) is 6.20 Å². The zero-order chi connectivity index (χ0) is 18.3. The maximum absolute atomic E-state index is 14.8. The number of nitrogens with zero attached hydrogens (tertiary/aromatic N) is 2. The van der Waals surface area contributed by atoms with Gasteiger partial charge in [0.25, 0.3) is 0 Å². The fourth-order valence-electron chi connectivity index (χ4n) is 3.30. The van der Waals surface area contributed by atoms with Gasteiger partial charge in [-0.05, 0) is 19.9 Å². The van der Waals surface area contributed by atoms with Gasteiger partial charge in [0.2, 0.25) is 5.43 Å². The molecular weight excluding hydrogens is 384 g/mol. The van der Waals surface area contributed by atoms with Crippen LogP contribution in [0.25, 0.3) is 10.9 Å². The quantitative estimate of drug-likeness (QED) is 0.823. The number of benzene rings is 1. The molecule has 26 heavy (non-hydrogen) atoms. The Labute approximate surface area is 161 Å². The smallest absolute Gasteiger partial charge is 0.341 e. The Morgan fingerprint density at radius 2 is 2.19 bits per heavy atom. The van der Waals surface area contributed by atoms with E-state index < -0.39 is 22.8 Å². The van der Waals surface area contributed by atoms with E-state index in [1.807, 2.05) is 18.7 Å².